The number of hydrogen-bond donors (Lipinski definition) is 1. The van der Waals surface area contributed by atoms with Crippen molar-refractivity contribution in [1.29, 1.82) is 0 Å². The number of hydrogen-bond acceptors (Lipinski definition) is 4. The van der Waals surface area contributed by atoms with Crippen molar-refractivity contribution >= 4 is 11.6 Å². The minimum atomic E-state index is -0.143. The number of methoxy groups -OCH3 is 1. The summed E-state index contributed by atoms with van der Waals surface area (Å²) in [5, 5.41) is 2.97. The summed E-state index contributed by atoms with van der Waals surface area (Å²) in [6.07, 6.45) is 3.44. The van der Waals surface area contributed by atoms with Crippen LogP contribution in [0.2, 0.25) is 0 Å². The van der Waals surface area contributed by atoms with Crippen molar-refractivity contribution in [3.8, 4) is 11.5 Å². The normalized spacial score (nSPS) is 10.8. The highest BCUT2D eigenvalue weighted by atomic mass is 16.5. The number of ether oxygens (including phenoxy) is 2. The van der Waals surface area contributed by atoms with Gasteiger partial charge < -0.3 is 19.4 Å². The van der Waals surface area contributed by atoms with Gasteiger partial charge in [-0.05, 0) is 63.6 Å². The monoisotopic (exact) mass is 393 g/mol. The number of carbonyl (C=O) groups is 1. The minimum Gasteiger partial charge on any atom is -0.493 e. The van der Waals surface area contributed by atoms with Crippen molar-refractivity contribution in [3.63, 3.8) is 0 Å². The molecule has 2 aromatic heterocycles. The third-order valence-corrected chi connectivity index (χ3v) is 4.81. The van der Waals surface area contributed by atoms with Crippen LogP contribution in [-0.4, -0.2) is 22.6 Å². The third-order valence-electron chi connectivity index (χ3n) is 4.81. The van der Waals surface area contributed by atoms with Crippen LogP contribution in [-0.2, 0) is 6.61 Å². The van der Waals surface area contributed by atoms with Crippen molar-refractivity contribution < 1.29 is 14.3 Å². The Kier molecular flexibility index (Phi) is 6.22. The number of amides is 1. The van der Waals surface area contributed by atoms with Gasteiger partial charge in [0.05, 0.1) is 12.7 Å². The molecule has 6 heteroatoms. The van der Waals surface area contributed by atoms with Gasteiger partial charge in [0.1, 0.15) is 6.61 Å². The zero-order valence-corrected chi connectivity index (χ0v) is 17.5. The molecule has 0 fully saturated rings. The molecule has 29 heavy (non-hydrogen) atoms. The molecule has 0 unspecified atom stereocenters. The van der Waals surface area contributed by atoms with E-state index in [1.165, 1.54) is 0 Å². The van der Waals surface area contributed by atoms with Gasteiger partial charge in [0.2, 0.25) is 0 Å². The van der Waals surface area contributed by atoms with Crippen LogP contribution in [0, 0.1) is 13.8 Å². The summed E-state index contributed by atoms with van der Waals surface area (Å²) in [7, 11) is 1.59. The first-order valence-electron chi connectivity index (χ1n) is 9.60. The molecule has 0 saturated carbocycles. The predicted molar refractivity (Wildman–Crippen MR) is 114 cm³/mol. The molecule has 0 aliphatic carbocycles. The summed E-state index contributed by atoms with van der Waals surface area (Å²) in [6, 6.07) is 11.4. The summed E-state index contributed by atoms with van der Waals surface area (Å²) in [4.78, 5) is 16.9. The van der Waals surface area contributed by atoms with Crippen molar-refractivity contribution in [2.24, 2.45) is 0 Å². The van der Waals surface area contributed by atoms with Gasteiger partial charge in [0.15, 0.2) is 11.5 Å². The highest BCUT2D eigenvalue weighted by Gasteiger charge is 2.18. The Morgan fingerprint density at radius 2 is 1.83 bits per heavy atom. The Bertz CT molecular complexity index is 994. The molecule has 3 aromatic rings. The summed E-state index contributed by atoms with van der Waals surface area (Å²) in [5.74, 6) is 1.03. The fraction of sp³-hybridized carbons (Fsp3) is 0.304. The van der Waals surface area contributed by atoms with E-state index in [-0.39, 0.29) is 5.91 Å². The van der Waals surface area contributed by atoms with Crippen molar-refractivity contribution in [1.82, 2.24) is 9.55 Å². The molecule has 0 bridgehead atoms. The van der Waals surface area contributed by atoms with Crippen molar-refractivity contribution in [2.45, 2.75) is 40.3 Å². The minimum absolute atomic E-state index is 0.143. The quantitative estimate of drug-likeness (QED) is 0.619. The molecule has 152 valence electrons. The number of pyridine rings is 1. The molecule has 0 saturated heterocycles. The maximum atomic E-state index is 12.9. The summed E-state index contributed by atoms with van der Waals surface area (Å²) < 4.78 is 13.5. The van der Waals surface area contributed by atoms with Gasteiger partial charge >= 0.3 is 0 Å². The van der Waals surface area contributed by atoms with Gasteiger partial charge in [0, 0.05) is 41.6 Å². The Morgan fingerprint density at radius 3 is 2.45 bits per heavy atom. The molecule has 1 aromatic carbocycles. The number of carbonyl (C=O) groups excluding carboxylic acids is 1. The van der Waals surface area contributed by atoms with Crippen molar-refractivity contribution in [2.75, 3.05) is 12.4 Å². The maximum Gasteiger partial charge on any atom is 0.257 e. The molecule has 3 rings (SSSR count). The molecule has 2 heterocycles. The second-order valence-corrected chi connectivity index (χ2v) is 7.21. The van der Waals surface area contributed by atoms with Crippen LogP contribution >= 0.6 is 0 Å². The van der Waals surface area contributed by atoms with E-state index < -0.39 is 0 Å². The lowest BCUT2D eigenvalue weighted by molar-refractivity contribution is 0.102. The molecule has 6 nitrogen and oxygen atoms in total. The Balaban J connectivity index is 1.79. The molecular formula is C23H27N3O3. The second-order valence-electron chi connectivity index (χ2n) is 7.21. The average molecular weight is 393 g/mol. The lowest BCUT2D eigenvalue weighted by Crippen LogP contribution is -2.14. The first kappa shape index (κ1) is 20.5. The first-order chi connectivity index (χ1) is 13.9. The van der Waals surface area contributed by atoms with Gasteiger partial charge in [-0.1, -0.05) is 0 Å². The maximum absolute atomic E-state index is 12.9. The zero-order chi connectivity index (χ0) is 21.0. The van der Waals surface area contributed by atoms with E-state index in [1.54, 1.807) is 37.7 Å². The van der Waals surface area contributed by atoms with Gasteiger partial charge in [0.25, 0.3) is 5.91 Å². The number of aryl methyl sites for hydroxylation is 1. The Labute approximate surface area is 171 Å². The largest absolute Gasteiger partial charge is 0.493 e. The Hall–Kier alpha value is -3.28. The molecule has 0 atom stereocenters. The van der Waals surface area contributed by atoms with Crippen molar-refractivity contribution in [3.05, 3.63) is 71.3 Å². The molecule has 1 amide bonds. The van der Waals surface area contributed by atoms with Crippen LogP contribution in [0.3, 0.4) is 0 Å². The number of anilines is 1. The van der Waals surface area contributed by atoms with E-state index in [0.29, 0.717) is 35.4 Å². The smallest absolute Gasteiger partial charge is 0.257 e. The number of nitrogens with zero attached hydrogens (tertiary/aromatic N) is 2. The third kappa shape index (κ3) is 4.59. The van der Waals surface area contributed by atoms with Gasteiger partial charge in [-0.15, -0.1) is 0 Å². The Morgan fingerprint density at radius 1 is 1.10 bits per heavy atom. The number of aromatic nitrogens is 2. The van der Waals surface area contributed by atoms with E-state index in [1.807, 2.05) is 32.0 Å². The molecule has 0 aliphatic heterocycles. The van der Waals surface area contributed by atoms with E-state index in [2.05, 4.69) is 28.7 Å². The molecule has 0 spiro atoms. The van der Waals surface area contributed by atoms with Crippen LogP contribution in [0.5, 0.6) is 11.5 Å². The van der Waals surface area contributed by atoms with E-state index in [0.717, 1.165) is 17.0 Å². The molecular weight excluding hydrogens is 366 g/mol. The van der Waals surface area contributed by atoms with E-state index >= 15 is 0 Å². The summed E-state index contributed by atoms with van der Waals surface area (Å²) in [6.45, 7) is 8.59. The summed E-state index contributed by atoms with van der Waals surface area (Å²) >= 11 is 0. The van der Waals surface area contributed by atoms with Gasteiger partial charge in [-0.25, -0.2) is 0 Å². The van der Waals surface area contributed by atoms with Crippen LogP contribution in [0.25, 0.3) is 0 Å². The van der Waals surface area contributed by atoms with Crippen LogP contribution in [0.4, 0.5) is 5.69 Å². The lowest BCUT2D eigenvalue weighted by Gasteiger charge is -2.14. The number of nitrogens with one attached hydrogen (secondary N) is 1. The first-order valence-corrected chi connectivity index (χ1v) is 9.60. The zero-order valence-electron chi connectivity index (χ0n) is 17.5. The average Bonchev–Trinajstić information content (AvgIpc) is 3.01. The molecule has 0 aliphatic rings. The highest BCUT2D eigenvalue weighted by Crippen LogP contribution is 2.31. The number of benzene rings is 1. The van der Waals surface area contributed by atoms with E-state index in [4.69, 9.17) is 9.47 Å². The fourth-order valence-corrected chi connectivity index (χ4v) is 3.51. The predicted octanol–water partition coefficient (Wildman–Crippen LogP) is 4.92. The molecule has 1 N–H and O–H groups in total. The van der Waals surface area contributed by atoms with Crippen LogP contribution in [0.15, 0.2) is 48.8 Å². The van der Waals surface area contributed by atoms with Gasteiger partial charge in [-0.2, -0.15) is 0 Å². The topological polar surface area (TPSA) is 65.4 Å². The van der Waals surface area contributed by atoms with Crippen LogP contribution in [0.1, 0.15) is 47.2 Å². The lowest BCUT2D eigenvalue weighted by atomic mass is 10.2. The SMILES string of the molecule is COc1ccc(NC(=O)c2cc(C)n(C(C)C)c2C)cc1OCc1ccncc1. The molecule has 0 radical (unpaired) electrons. The van der Waals surface area contributed by atoms with E-state index in [9.17, 15) is 4.79 Å². The number of rotatable bonds is 7. The van der Waals surface area contributed by atoms with Crippen LogP contribution < -0.4 is 14.8 Å². The fourth-order valence-electron chi connectivity index (χ4n) is 3.51. The van der Waals surface area contributed by atoms with Gasteiger partial charge in [-0.3, -0.25) is 9.78 Å². The standard InChI is InChI=1S/C23H27N3O3/c1-15(2)26-16(3)12-20(17(26)4)23(27)25-19-6-7-21(28-5)22(13-19)29-14-18-8-10-24-11-9-18/h6-13,15H,14H2,1-5H3,(H,25,27). The highest BCUT2D eigenvalue weighted by molar-refractivity contribution is 6.05. The second kappa shape index (κ2) is 8.82. The summed E-state index contributed by atoms with van der Waals surface area (Å²) in [5.41, 5.74) is 4.34.